The van der Waals surface area contributed by atoms with Crippen LogP contribution in [-0.2, 0) is 16.0 Å². The summed E-state index contributed by atoms with van der Waals surface area (Å²) in [4.78, 5) is 14.3. The molecule has 4 heteroatoms. The van der Waals surface area contributed by atoms with Gasteiger partial charge in [0.25, 0.3) is 0 Å². The molecule has 0 fully saturated rings. The monoisotopic (exact) mass is 273 g/mol. The minimum atomic E-state index is -0.268. The van der Waals surface area contributed by atoms with Crippen LogP contribution in [0.2, 0.25) is 0 Å². The number of carbonyl (C=O) groups excluding carboxylic acids is 1. The van der Waals surface area contributed by atoms with Crippen LogP contribution >= 0.6 is 12.2 Å². The number of hydrogen-bond acceptors (Lipinski definition) is 3. The van der Waals surface area contributed by atoms with Gasteiger partial charge in [0.05, 0.1) is 11.0 Å². The summed E-state index contributed by atoms with van der Waals surface area (Å²) >= 11 is 5.35. The van der Waals surface area contributed by atoms with E-state index < -0.39 is 0 Å². The van der Waals surface area contributed by atoms with Crippen LogP contribution in [0.1, 0.15) is 24.1 Å². The van der Waals surface area contributed by atoms with Crippen LogP contribution in [0, 0.1) is 0 Å². The number of fused-ring (bicyclic) bond motifs is 1. The van der Waals surface area contributed by atoms with Gasteiger partial charge < -0.3 is 9.64 Å². The highest BCUT2D eigenvalue weighted by Crippen LogP contribution is 2.35. The van der Waals surface area contributed by atoms with Crippen molar-refractivity contribution >= 4 is 23.2 Å². The van der Waals surface area contributed by atoms with Crippen LogP contribution < -0.4 is 0 Å². The average Bonchev–Trinajstić information content (AvgIpc) is 2.83. The molecule has 1 aromatic carbocycles. The van der Waals surface area contributed by atoms with E-state index in [-0.39, 0.29) is 18.1 Å². The number of nitrogens with zero attached hydrogens (tertiary/aromatic N) is 1. The molecule has 0 aromatic heterocycles. The summed E-state index contributed by atoms with van der Waals surface area (Å²) in [7, 11) is 0. The average molecular weight is 273 g/mol. The van der Waals surface area contributed by atoms with E-state index in [1.165, 1.54) is 17.2 Å². The van der Waals surface area contributed by atoms with Crippen molar-refractivity contribution in [3.8, 4) is 0 Å². The van der Waals surface area contributed by atoms with Gasteiger partial charge in [-0.1, -0.05) is 36.5 Å². The van der Waals surface area contributed by atoms with Crippen molar-refractivity contribution < 1.29 is 9.53 Å². The molecule has 0 bridgehead atoms. The Labute approximate surface area is 117 Å². The summed E-state index contributed by atoms with van der Waals surface area (Å²) in [6.07, 6.45) is 4.07. The first-order chi connectivity index (χ1) is 9.16. The van der Waals surface area contributed by atoms with E-state index in [0.29, 0.717) is 0 Å². The zero-order chi connectivity index (χ0) is 13.4. The zero-order valence-electron chi connectivity index (χ0n) is 10.7. The standard InChI is InChI=1S/C15H15NO2S/c1-10(19)16-9-8-11-4-2-3-5-12(11)15(16)13-6-7-14(17)18-13/h2-7,13,15H,8-9H2,1H3/t13?,15-/m1/s1. The fourth-order valence-corrected chi connectivity index (χ4v) is 3.07. The fraction of sp³-hybridized carbons (Fsp3) is 0.333. The molecule has 98 valence electrons. The molecule has 0 spiro atoms. The van der Waals surface area contributed by atoms with Crippen LogP contribution in [0.3, 0.4) is 0 Å². The quantitative estimate of drug-likeness (QED) is 0.580. The molecular weight excluding hydrogens is 258 g/mol. The van der Waals surface area contributed by atoms with Crippen molar-refractivity contribution in [2.75, 3.05) is 6.54 Å². The van der Waals surface area contributed by atoms with E-state index in [1.807, 2.05) is 25.1 Å². The molecule has 0 radical (unpaired) electrons. The lowest BCUT2D eigenvalue weighted by molar-refractivity contribution is -0.140. The van der Waals surface area contributed by atoms with Crippen LogP contribution in [0.4, 0.5) is 0 Å². The highest BCUT2D eigenvalue weighted by molar-refractivity contribution is 7.80. The number of thiocarbonyl (C=S) groups is 1. The Balaban J connectivity index is 2.02. The van der Waals surface area contributed by atoms with E-state index in [4.69, 9.17) is 17.0 Å². The van der Waals surface area contributed by atoms with E-state index in [9.17, 15) is 4.79 Å². The van der Waals surface area contributed by atoms with Crippen molar-refractivity contribution in [3.05, 3.63) is 47.5 Å². The predicted molar refractivity (Wildman–Crippen MR) is 76.9 cm³/mol. The number of carbonyl (C=O) groups is 1. The number of cyclic esters (lactones) is 1. The van der Waals surface area contributed by atoms with Crippen LogP contribution in [0.5, 0.6) is 0 Å². The molecule has 3 rings (SSSR count). The molecule has 3 nitrogen and oxygen atoms in total. The van der Waals surface area contributed by atoms with Gasteiger partial charge in [-0.05, 0) is 30.5 Å². The summed E-state index contributed by atoms with van der Waals surface area (Å²) in [6.45, 7) is 2.80. The van der Waals surface area contributed by atoms with E-state index in [0.717, 1.165) is 18.0 Å². The number of benzene rings is 1. The van der Waals surface area contributed by atoms with Gasteiger partial charge in [-0.3, -0.25) is 0 Å². The Morgan fingerprint density at radius 2 is 2.21 bits per heavy atom. The molecule has 0 aliphatic carbocycles. The number of esters is 1. The molecule has 1 unspecified atom stereocenters. The first-order valence-electron chi connectivity index (χ1n) is 6.40. The topological polar surface area (TPSA) is 29.5 Å². The van der Waals surface area contributed by atoms with Crippen LogP contribution in [-0.4, -0.2) is 28.5 Å². The molecule has 2 aliphatic heterocycles. The Morgan fingerprint density at radius 1 is 1.42 bits per heavy atom. The summed E-state index contributed by atoms with van der Waals surface area (Å²) < 4.78 is 5.39. The van der Waals surface area contributed by atoms with E-state index in [1.54, 1.807) is 0 Å². The fourth-order valence-electron chi connectivity index (χ4n) is 2.86. The summed E-state index contributed by atoms with van der Waals surface area (Å²) in [5.74, 6) is -0.268. The highest BCUT2D eigenvalue weighted by atomic mass is 32.1. The van der Waals surface area contributed by atoms with Crippen molar-refractivity contribution in [1.82, 2.24) is 4.90 Å². The first kappa shape index (κ1) is 12.4. The normalized spacial score (nSPS) is 25.1. The maximum absolute atomic E-state index is 11.3. The molecule has 1 aromatic rings. The Hall–Kier alpha value is -1.68. The van der Waals surface area contributed by atoms with E-state index >= 15 is 0 Å². The maximum Gasteiger partial charge on any atom is 0.331 e. The molecule has 2 aliphatic rings. The third-order valence-corrected chi connectivity index (χ3v) is 3.96. The first-order valence-corrected chi connectivity index (χ1v) is 6.81. The Kier molecular flexibility index (Phi) is 3.11. The molecule has 0 amide bonds. The molecule has 0 saturated carbocycles. The predicted octanol–water partition coefficient (Wildman–Crippen LogP) is 2.41. The largest absolute Gasteiger partial charge is 0.452 e. The summed E-state index contributed by atoms with van der Waals surface area (Å²) in [6, 6.07) is 8.31. The third kappa shape index (κ3) is 2.16. The summed E-state index contributed by atoms with van der Waals surface area (Å²) in [5, 5.41) is 0. The Bertz CT molecular complexity index is 567. The lowest BCUT2D eigenvalue weighted by Crippen LogP contribution is -2.43. The molecule has 2 atom stereocenters. The van der Waals surface area contributed by atoms with Gasteiger partial charge in [-0.15, -0.1) is 0 Å². The Morgan fingerprint density at radius 3 is 2.89 bits per heavy atom. The van der Waals surface area contributed by atoms with Gasteiger partial charge in [-0.2, -0.15) is 0 Å². The lowest BCUT2D eigenvalue weighted by atomic mass is 9.89. The summed E-state index contributed by atoms with van der Waals surface area (Å²) in [5.41, 5.74) is 2.53. The van der Waals surface area contributed by atoms with Gasteiger partial charge in [-0.25, -0.2) is 4.79 Å². The number of hydrogen-bond donors (Lipinski definition) is 0. The molecule has 0 saturated heterocycles. The van der Waals surface area contributed by atoms with Crippen molar-refractivity contribution in [3.63, 3.8) is 0 Å². The van der Waals surface area contributed by atoms with Crippen LogP contribution in [0.15, 0.2) is 36.4 Å². The van der Waals surface area contributed by atoms with Crippen LogP contribution in [0.25, 0.3) is 0 Å². The van der Waals surface area contributed by atoms with Gasteiger partial charge in [0.1, 0.15) is 6.10 Å². The minimum Gasteiger partial charge on any atom is -0.452 e. The molecule has 19 heavy (non-hydrogen) atoms. The third-order valence-electron chi connectivity index (χ3n) is 3.72. The highest BCUT2D eigenvalue weighted by Gasteiger charge is 2.36. The molecular formula is C15H15NO2S. The lowest BCUT2D eigenvalue weighted by Gasteiger charge is -2.40. The minimum absolute atomic E-state index is 0.00477. The SMILES string of the molecule is CC(=S)N1CCc2ccccc2[C@@H]1C1C=CC(=O)O1. The van der Waals surface area contributed by atoms with Crippen molar-refractivity contribution in [2.24, 2.45) is 0 Å². The second-order valence-corrected chi connectivity index (χ2v) is 5.46. The van der Waals surface area contributed by atoms with Crippen molar-refractivity contribution in [2.45, 2.75) is 25.5 Å². The van der Waals surface area contributed by atoms with Gasteiger partial charge in [0, 0.05) is 12.6 Å². The van der Waals surface area contributed by atoms with Gasteiger partial charge in [0.2, 0.25) is 0 Å². The molecule has 0 N–H and O–H groups in total. The van der Waals surface area contributed by atoms with Gasteiger partial charge in [0.15, 0.2) is 0 Å². The van der Waals surface area contributed by atoms with E-state index in [2.05, 4.69) is 17.0 Å². The number of rotatable bonds is 1. The maximum atomic E-state index is 11.3. The number of ether oxygens (including phenoxy) is 1. The smallest absolute Gasteiger partial charge is 0.331 e. The second-order valence-electron chi connectivity index (χ2n) is 4.87. The molecule has 2 heterocycles. The zero-order valence-corrected chi connectivity index (χ0v) is 11.5. The second kappa shape index (κ2) is 4.78. The van der Waals surface area contributed by atoms with Crippen molar-refractivity contribution in [1.29, 1.82) is 0 Å². The van der Waals surface area contributed by atoms with Gasteiger partial charge >= 0.3 is 5.97 Å².